The first-order chi connectivity index (χ1) is 10.7. The maximum Gasteiger partial charge on any atom is 0.315 e. The lowest BCUT2D eigenvalue weighted by atomic mass is 10.3. The number of amides is 1. The fourth-order valence-electron chi connectivity index (χ4n) is 2.39. The molecule has 7 heteroatoms. The number of rotatable bonds is 4. The van der Waals surface area contributed by atoms with Crippen LogP contribution in [0.5, 0.6) is 0 Å². The molecule has 1 aliphatic rings. The van der Waals surface area contributed by atoms with Crippen LogP contribution >= 0.6 is 23.1 Å². The third-order valence-corrected chi connectivity index (χ3v) is 5.86. The minimum atomic E-state index is -0.221. The van der Waals surface area contributed by atoms with Crippen LogP contribution in [0.1, 0.15) is 16.2 Å². The maximum absolute atomic E-state index is 12.5. The van der Waals surface area contributed by atoms with Crippen molar-refractivity contribution in [2.75, 3.05) is 26.0 Å². The standard InChI is InChI=1S/C15H16N2O3S2/c1-20-13(18)9-21-10-6-7-17(8-10)15(19)14-16-11-4-2-3-5-12(11)22-14/h2-5,10H,6-9H2,1H3. The van der Waals surface area contributed by atoms with Crippen LogP contribution < -0.4 is 0 Å². The minimum absolute atomic E-state index is 0.0117. The van der Waals surface area contributed by atoms with E-state index in [2.05, 4.69) is 9.72 Å². The van der Waals surface area contributed by atoms with Crippen LogP contribution in [0.3, 0.4) is 0 Å². The molecule has 2 aromatic rings. The summed E-state index contributed by atoms with van der Waals surface area (Å²) in [6.07, 6.45) is 0.901. The number of hydrogen-bond donors (Lipinski definition) is 0. The first-order valence-electron chi connectivity index (χ1n) is 7.00. The van der Waals surface area contributed by atoms with Gasteiger partial charge in [0.05, 0.1) is 23.1 Å². The Kier molecular flexibility index (Phi) is 4.63. The third-order valence-electron chi connectivity index (χ3n) is 3.57. The summed E-state index contributed by atoms with van der Waals surface area (Å²) < 4.78 is 5.67. The van der Waals surface area contributed by atoms with E-state index in [1.54, 1.807) is 11.8 Å². The first-order valence-corrected chi connectivity index (χ1v) is 8.87. The molecule has 116 valence electrons. The van der Waals surface area contributed by atoms with Gasteiger partial charge in [0.25, 0.3) is 5.91 Å². The van der Waals surface area contributed by atoms with Gasteiger partial charge in [-0.3, -0.25) is 9.59 Å². The largest absolute Gasteiger partial charge is 0.468 e. The van der Waals surface area contributed by atoms with Crippen molar-refractivity contribution in [1.29, 1.82) is 0 Å². The van der Waals surface area contributed by atoms with Crippen molar-refractivity contribution in [3.63, 3.8) is 0 Å². The molecular formula is C15H16N2O3S2. The fourth-order valence-corrected chi connectivity index (χ4v) is 4.37. The Labute approximate surface area is 136 Å². The molecule has 1 amide bonds. The number of hydrogen-bond acceptors (Lipinski definition) is 6. The van der Waals surface area contributed by atoms with E-state index in [1.165, 1.54) is 18.4 Å². The average Bonchev–Trinajstić information content (AvgIpc) is 3.18. The van der Waals surface area contributed by atoms with E-state index in [4.69, 9.17) is 0 Å². The van der Waals surface area contributed by atoms with Crippen LogP contribution in [0.15, 0.2) is 24.3 Å². The number of thiazole rings is 1. The van der Waals surface area contributed by atoms with Crippen molar-refractivity contribution < 1.29 is 14.3 Å². The highest BCUT2D eigenvalue weighted by molar-refractivity contribution is 8.00. The Morgan fingerprint density at radius 1 is 1.45 bits per heavy atom. The van der Waals surface area contributed by atoms with Gasteiger partial charge in [0.2, 0.25) is 0 Å². The number of para-hydroxylation sites is 1. The predicted molar refractivity (Wildman–Crippen MR) is 88.4 cm³/mol. The number of likely N-dealkylation sites (tertiary alicyclic amines) is 1. The number of aromatic nitrogens is 1. The van der Waals surface area contributed by atoms with E-state index in [1.807, 2.05) is 29.2 Å². The van der Waals surface area contributed by atoms with Gasteiger partial charge < -0.3 is 9.64 Å². The van der Waals surface area contributed by atoms with E-state index in [-0.39, 0.29) is 17.1 Å². The molecule has 3 rings (SSSR count). The van der Waals surface area contributed by atoms with Gasteiger partial charge in [0, 0.05) is 18.3 Å². The summed E-state index contributed by atoms with van der Waals surface area (Å²) in [4.78, 5) is 29.9. The Morgan fingerprint density at radius 3 is 3.05 bits per heavy atom. The molecule has 1 atom stereocenters. The molecule has 5 nitrogen and oxygen atoms in total. The number of fused-ring (bicyclic) bond motifs is 1. The predicted octanol–water partition coefficient (Wildman–Crippen LogP) is 2.42. The van der Waals surface area contributed by atoms with Crippen LogP contribution in [0, 0.1) is 0 Å². The molecule has 0 N–H and O–H groups in total. The Bertz CT molecular complexity index is 668. The summed E-state index contributed by atoms with van der Waals surface area (Å²) in [6, 6.07) is 7.76. The number of methoxy groups -OCH3 is 1. The van der Waals surface area contributed by atoms with E-state index < -0.39 is 0 Å². The highest BCUT2D eigenvalue weighted by Gasteiger charge is 2.29. The second kappa shape index (κ2) is 6.66. The molecular weight excluding hydrogens is 320 g/mol. The quantitative estimate of drug-likeness (QED) is 0.803. The average molecular weight is 336 g/mol. The van der Waals surface area contributed by atoms with Gasteiger partial charge in [-0.2, -0.15) is 0 Å². The van der Waals surface area contributed by atoms with Crippen LogP contribution in [0.2, 0.25) is 0 Å². The summed E-state index contributed by atoms with van der Waals surface area (Å²) >= 11 is 2.98. The SMILES string of the molecule is COC(=O)CSC1CCN(C(=O)c2nc3ccccc3s2)C1. The van der Waals surface area contributed by atoms with Crippen molar-refractivity contribution in [2.24, 2.45) is 0 Å². The molecule has 0 saturated carbocycles. The lowest BCUT2D eigenvalue weighted by Crippen LogP contribution is -2.29. The van der Waals surface area contributed by atoms with Crippen LogP contribution in [-0.2, 0) is 9.53 Å². The Hall–Kier alpha value is -1.60. The zero-order valence-corrected chi connectivity index (χ0v) is 13.8. The molecule has 22 heavy (non-hydrogen) atoms. The number of carbonyl (C=O) groups is 2. The van der Waals surface area contributed by atoms with Gasteiger partial charge in [-0.05, 0) is 18.6 Å². The number of ether oxygens (including phenoxy) is 1. The molecule has 1 fully saturated rings. The van der Waals surface area contributed by atoms with E-state index in [0.717, 1.165) is 16.6 Å². The van der Waals surface area contributed by atoms with Gasteiger partial charge >= 0.3 is 5.97 Å². The highest BCUT2D eigenvalue weighted by atomic mass is 32.2. The normalized spacial score (nSPS) is 17.9. The highest BCUT2D eigenvalue weighted by Crippen LogP contribution is 2.27. The molecule has 2 heterocycles. The molecule has 1 aliphatic heterocycles. The molecule has 0 aliphatic carbocycles. The van der Waals surface area contributed by atoms with Crippen molar-refractivity contribution >= 4 is 45.2 Å². The van der Waals surface area contributed by atoms with Gasteiger partial charge in [0.1, 0.15) is 0 Å². The molecule has 0 radical (unpaired) electrons. The lowest BCUT2D eigenvalue weighted by molar-refractivity contribution is -0.137. The molecule has 1 aromatic carbocycles. The molecule has 0 spiro atoms. The molecule has 1 unspecified atom stereocenters. The topological polar surface area (TPSA) is 59.5 Å². The molecule has 1 saturated heterocycles. The number of carbonyl (C=O) groups excluding carboxylic acids is 2. The summed E-state index contributed by atoms with van der Waals surface area (Å²) in [5.41, 5.74) is 0.867. The van der Waals surface area contributed by atoms with Crippen molar-refractivity contribution in [1.82, 2.24) is 9.88 Å². The van der Waals surface area contributed by atoms with Gasteiger partial charge in [0.15, 0.2) is 5.01 Å². The lowest BCUT2D eigenvalue weighted by Gasteiger charge is -2.14. The van der Waals surface area contributed by atoms with Gasteiger partial charge in [-0.25, -0.2) is 4.98 Å². The maximum atomic E-state index is 12.5. The number of thioether (sulfide) groups is 1. The third kappa shape index (κ3) is 3.25. The summed E-state index contributed by atoms with van der Waals surface area (Å²) in [5.74, 6) is 0.105. The first kappa shape index (κ1) is 15.3. The monoisotopic (exact) mass is 336 g/mol. The van der Waals surface area contributed by atoms with E-state index in [9.17, 15) is 9.59 Å². The Balaban J connectivity index is 1.62. The zero-order chi connectivity index (χ0) is 15.5. The van der Waals surface area contributed by atoms with Crippen molar-refractivity contribution in [3.05, 3.63) is 29.3 Å². The van der Waals surface area contributed by atoms with Crippen LogP contribution in [0.4, 0.5) is 0 Å². The minimum Gasteiger partial charge on any atom is -0.468 e. The van der Waals surface area contributed by atoms with E-state index in [0.29, 0.717) is 23.8 Å². The summed E-state index contributed by atoms with van der Waals surface area (Å²) in [5, 5.41) is 0.831. The molecule has 0 bridgehead atoms. The molecule has 1 aromatic heterocycles. The Morgan fingerprint density at radius 2 is 2.27 bits per heavy atom. The van der Waals surface area contributed by atoms with Gasteiger partial charge in [-0.15, -0.1) is 23.1 Å². The smallest absolute Gasteiger partial charge is 0.315 e. The van der Waals surface area contributed by atoms with Gasteiger partial charge in [-0.1, -0.05) is 12.1 Å². The van der Waals surface area contributed by atoms with Crippen LogP contribution in [-0.4, -0.2) is 53.0 Å². The second-order valence-corrected chi connectivity index (χ2v) is 7.36. The van der Waals surface area contributed by atoms with E-state index >= 15 is 0 Å². The van der Waals surface area contributed by atoms with Crippen molar-refractivity contribution in [2.45, 2.75) is 11.7 Å². The number of esters is 1. The zero-order valence-electron chi connectivity index (χ0n) is 12.2. The summed E-state index contributed by atoms with van der Waals surface area (Å²) in [6.45, 7) is 1.38. The number of benzene rings is 1. The van der Waals surface area contributed by atoms with Crippen LogP contribution in [0.25, 0.3) is 10.2 Å². The van der Waals surface area contributed by atoms with Crippen molar-refractivity contribution in [3.8, 4) is 0 Å². The second-order valence-electron chi connectivity index (χ2n) is 5.04. The summed E-state index contributed by atoms with van der Waals surface area (Å²) in [7, 11) is 1.39. The number of nitrogens with zero attached hydrogens (tertiary/aromatic N) is 2. The fraction of sp³-hybridized carbons (Fsp3) is 0.400.